The molecule has 19 heavy (non-hydrogen) atoms. The molecule has 5 nitrogen and oxygen atoms in total. The summed E-state index contributed by atoms with van der Waals surface area (Å²) in [5.41, 5.74) is 0.993. The van der Waals surface area contributed by atoms with E-state index in [9.17, 15) is 4.79 Å². The number of nitrogens with one attached hydrogen (secondary N) is 1. The molecule has 0 radical (unpaired) electrons. The van der Waals surface area contributed by atoms with Crippen LogP contribution < -0.4 is 10.1 Å². The lowest BCUT2D eigenvalue weighted by atomic mass is 10.2. The Balaban J connectivity index is 1.78. The Labute approximate surface area is 111 Å². The molecular weight excluding hydrogens is 242 g/mol. The van der Waals surface area contributed by atoms with Crippen LogP contribution in [0.2, 0.25) is 0 Å². The maximum atomic E-state index is 11.9. The molecule has 1 aromatic carbocycles. The van der Waals surface area contributed by atoms with E-state index in [2.05, 4.69) is 10.4 Å². The number of hydrogen-bond acceptors (Lipinski definition) is 3. The van der Waals surface area contributed by atoms with Crippen LogP contribution in [0.15, 0.2) is 24.3 Å². The van der Waals surface area contributed by atoms with E-state index in [1.165, 1.54) is 0 Å². The van der Waals surface area contributed by atoms with E-state index in [1.54, 1.807) is 11.6 Å². The number of para-hydroxylation sites is 1. The van der Waals surface area contributed by atoms with Gasteiger partial charge >= 0.3 is 0 Å². The zero-order chi connectivity index (χ0) is 13.4. The molecule has 2 aromatic rings. The molecule has 0 bridgehead atoms. The predicted molar refractivity (Wildman–Crippen MR) is 72.0 cm³/mol. The highest BCUT2D eigenvalue weighted by Gasteiger charge is 2.27. The third-order valence-electron chi connectivity index (χ3n) is 3.31. The normalized spacial score (nSPS) is 16.3. The van der Waals surface area contributed by atoms with Crippen molar-refractivity contribution in [1.29, 1.82) is 0 Å². The molecule has 5 heteroatoms. The summed E-state index contributed by atoms with van der Waals surface area (Å²) in [5, 5.41) is 8.18. The summed E-state index contributed by atoms with van der Waals surface area (Å²) in [6, 6.07) is 8.16. The number of aromatic nitrogens is 2. The summed E-state index contributed by atoms with van der Waals surface area (Å²) in [4.78, 5) is 11.9. The topological polar surface area (TPSA) is 56.2 Å². The van der Waals surface area contributed by atoms with Crippen molar-refractivity contribution in [1.82, 2.24) is 15.1 Å². The first kappa shape index (κ1) is 12.0. The van der Waals surface area contributed by atoms with Gasteiger partial charge in [-0.3, -0.25) is 9.48 Å². The Morgan fingerprint density at radius 3 is 2.95 bits per heavy atom. The van der Waals surface area contributed by atoms with E-state index >= 15 is 0 Å². The fraction of sp³-hybridized carbons (Fsp3) is 0.429. The van der Waals surface area contributed by atoms with E-state index in [0.29, 0.717) is 11.9 Å². The lowest BCUT2D eigenvalue weighted by Crippen LogP contribution is -2.37. The Morgan fingerprint density at radius 2 is 2.21 bits per heavy atom. The maximum absolute atomic E-state index is 11.9. The average molecular weight is 259 g/mol. The molecule has 1 aliphatic rings. The van der Waals surface area contributed by atoms with Gasteiger partial charge in [-0.05, 0) is 31.9 Å². The van der Waals surface area contributed by atoms with Crippen molar-refractivity contribution in [3.05, 3.63) is 24.3 Å². The Bertz CT molecular complexity index is 616. The maximum Gasteiger partial charge on any atom is 0.261 e. The van der Waals surface area contributed by atoms with Crippen molar-refractivity contribution in [2.24, 2.45) is 7.05 Å². The molecule has 0 spiro atoms. The molecule has 1 amide bonds. The number of carbonyl (C=O) groups is 1. The zero-order valence-electron chi connectivity index (χ0n) is 11.1. The molecule has 1 fully saturated rings. The number of rotatable bonds is 4. The van der Waals surface area contributed by atoms with Gasteiger partial charge in [0.15, 0.2) is 6.10 Å². The van der Waals surface area contributed by atoms with Gasteiger partial charge in [-0.1, -0.05) is 12.1 Å². The van der Waals surface area contributed by atoms with E-state index in [-0.39, 0.29) is 5.91 Å². The van der Waals surface area contributed by atoms with E-state index in [1.807, 2.05) is 31.3 Å². The van der Waals surface area contributed by atoms with Gasteiger partial charge in [-0.2, -0.15) is 0 Å². The van der Waals surface area contributed by atoms with E-state index < -0.39 is 6.10 Å². The van der Waals surface area contributed by atoms with E-state index in [0.717, 1.165) is 23.7 Å². The largest absolute Gasteiger partial charge is 0.463 e. The minimum atomic E-state index is -0.529. The third kappa shape index (κ3) is 2.41. The molecule has 1 saturated carbocycles. The predicted octanol–water partition coefficient (Wildman–Crippen LogP) is 1.62. The summed E-state index contributed by atoms with van der Waals surface area (Å²) in [6.07, 6.45) is 1.62. The molecule has 1 heterocycles. The van der Waals surface area contributed by atoms with Gasteiger partial charge in [-0.15, -0.1) is 5.10 Å². The van der Waals surface area contributed by atoms with E-state index in [4.69, 9.17) is 4.74 Å². The lowest BCUT2D eigenvalue weighted by molar-refractivity contribution is -0.127. The van der Waals surface area contributed by atoms with Gasteiger partial charge in [0, 0.05) is 13.1 Å². The fourth-order valence-corrected chi connectivity index (χ4v) is 2.03. The van der Waals surface area contributed by atoms with Crippen molar-refractivity contribution in [3.8, 4) is 5.88 Å². The van der Waals surface area contributed by atoms with Crippen molar-refractivity contribution >= 4 is 16.8 Å². The smallest absolute Gasteiger partial charge is 0.261 e. The SMILES string of the molecule is C[C@@H](Oc1nn(C)c2ccccc12)C(=O)NC1CC1. The number of amides is 1. The zero-order valence-corrected chi connectivity index (χ0v) is 11.1. The number of ether oxygens (including phenoxy) is 1. The van der Waals surface area contributed by atoms with Crippen molar-refractivity contribution < 1.29 is 9.53 Å². The molecule has 1 aliphatic carbocycles. The first-order valence-electron chi connectivity index (χ1n) is 6.54. The molecular formula is C14H17N3O2. The van der Waals surface area contributed by atoms with Crippen LogP contribution >= 0.6 is 0 Å². The van der Waals surface area contributed by atoms with Gasteiger partial charge in [0.2, 0.25) is 5.88 Å². The average Bonchev–Trinajstić information content (AvgIpc) is 3.16. The minimum Gasteiger partial charge on any atom is -0.463 e. The Morgan fingerprint density at radius 1 is 1.47 bits per heavy atom. The summed E-state index contributed by atoms with van der Waals surface area (Å²) in [5.74, 6) is 0.439. The number of aryl methyl sites for hydroxylation is 1. The quantitative estimate of drug-likeness (QED) is 0.907. The second-order valence-corrected chi connectivity index (χ2v) is 4.99. The molecule has 1 atom stereocenters. The van der Waals surface area contributed by atoms with Crippen LogP contribution in [0.3, 0.4) is 0 Å². The lowest BCUT2D eigenvalue weighted by Gasteiger charge is -2.12. The van der Waals surface area contributed by atoms with Crippen LogP contribution in [0.5, 0.6) is 5.88 Å². The molecule has 0 saturated heterocycles. The van der Waals surface area contributed by atoms with Gasteiger partial charge in [-0.25, -0.2) is 0 Å². The van der Waals surface area contributed by atoms with Crippen LogP contribution in [-0.2, 0) is 11.8 Å². The summed E-state index contributed by atoms with van der Waals surface area (Å²) >= 11 is 0. The summed E-state index contributed by atoms with van der Waals surface area (Å²) < 4.78 is 7.46. The number of fused-ring (bicyclic) bond motifs is 1. The summed E-state index contributed by atoms with van der Waals surface area (Å²) in [7, 11) is 1.87. The first-order valence-corrected chi connectivity index (χ1v) is 6.54. The highest BCUT2D eigenvalue weighted by atomic mass is 16.5. The highest BCUT2D eigenvalue weighted by Crippen LogP contribution is 2.25. The van der Waals surface area contributed by atoms with Crippen LogP contribution in [0.25, 0.3) is 10.9 Å². The van der Waals surface area contributed by atoms with Crippen LogP contribution in [-0.4, -0.2) is 27.8 Å². The molecule has 100 valence electrons. The first-order chi connectivity index (χ1) is 9.15. The van der Waals surface area contributed by atoms with Gasteiger partial charge in [0.1, 0.15) is 0 Å². The van der Waals surface area contributed by atoms with Crippen LogP contribution in [0, 0.1) is 0 Å². The molecule has 3 rings (SSSR count). The number of carbonyl (C=O) groups excluding carboxylic acids is 1. The molecule has 0 unspecified atom stereocenters. The number of hydrogen-bond donors (Lipinski definition) is 1. The number of benzene rings is 1. The third-order valence-corrected chi connectivity index (χ3v) is 3.31. The number of nitrogens with zero attached hydrogens (tertiary/aromatic N) is 2. The fourth-order valence-electron chi connectivity index (χ4n) is 2.03. The highest BCUT2D eigenvalue weighted by molar-refractivity contribution is 5.86. The van der Waals surface area contributed by atoms with Crippen LogP contribution in [0.1, 0.15) is 19.8 Å². The minimum absolute atomic E-state index is 0.0720. The second kappa shape index (κ2) is 4.57. The van der Waals surface area contributed by atoms with Crippen molar-refractivity contribution in [3.63, 3.8) is 0 Å². The van der Waals surface area contributed by atoms with Gasteiger partial charge in [0.25, 0.3) is 5.91 Å². The monoisotopic (exact) mass is 259 g/mol. The molecule has 0 aliphatic heterocycles. The molecule has 1 aromatic heterocycles. The van der Waals surface area contributed by atoms with Crippen molar-refractivity contribution in [2.45, 2.75) is 31.9 Å². The Kier molecular flexibility index (Phi) is 2.89. The standard InChI is InChI=1S/C14H17N3O2/c1-9(13(18)15-10-7-8-10)19-14-11-5-3-4-6-12(11)17(2)16-14/h3-6,9-10H,7-8H2,1-2H3,(H,15,18)/t9-/m1/s1. The molecule has 1 N–H and O–H groups in total. The summed E-state index contributed by atoms with van der Waals surface area (Å²) in [6.45, 7) is 1.75. The van der Waals surface area contributed by atoms with Crippen LogP contribution in [0.4, 0.5) is 0 Å². The van der Waals surface area contributed by atoms with Crippen molar-refractivity contribution in [2.75, 3.05) is 0 Å². The Hall–Kier alpha value is -2.04. The second-order valence-electron chi connectivity index (χ2n) is 4.99. The van der Waals surface area contributed by atoms with Gasteiger partial charge in [0.05, 0.1) is 10.9 Å². The van der Waals surface area contributed by atoms with Gasteiger partial charge < -0.3 is 10.1 Å².